The molecule has 17 heavy (non-hydrogen) atoms. The van der Waals surface area contributed by atoms with E-state index in [4.69, 9.17) is 5.11 Å². The quantitative estimate of drug-likeness (QED) is 0.851. The zero-order valence-electron chi connectivity index (χ0n) is 9.82. The van der Waals surface area contributed by atoms with Crippen molar-refractivity contribution < 1.29 is 9.90 Å². The Morgan fingerprint density at radius 2 is 2.12 bits per heavy atom. The van der Waals surface area contributed by atoms with Gasteiger partial charge in [0.25, 0.3) is 0 Å². The number of hydrogen-bond donors (Lipinski definition) is 2. The van der Waals surface area contributed by atoms with E-state index in [-0.39, 0.29) is 5.82 Å². The van der Waals surface area contributed by atoms with Crippen molar-refractivity contribution in [2.75, 3.05) is 0 Å². The summed E-state index contributed by atoms with van der Waals surface area (Å²) in [6, 6.07) is 7.83. The van der Waals surface area contributed by atoms with Gasteiger partial charge in [-0.05, 0) is 18.9 Å². The molecule has 0 spiro atoms. The molecule has 2 N–H and O–H groups in total. The van der Waals surface area contributed by atoms with Crippen LogP contribution in [0.4, 0.5) is 0 Å². The van der Waals surface area contributed by atoms with Crippen LogP contribution in [0.1, 0.15) is 28.8 Å². The average molecular weight is 230 g/mol. The van der Waals surface area contributed by atoms with Crippen LogP contribution in [0.2, 0.25) is 0 Å². The summed E-state index contributed by atoms with van der Waals surface area (Å²) in [5.41, 5.74) is 3.67. The maximum absolute atomic E-state index is 10.9. The van der Waals surface area contributed by atoms with Crippen LogP contribution in [0.25, 0.3) is 11.3 Å². The molecule has 0 atom stereocenters. The van der Waals surface area contributed by atoms with Crippen LogP contribution in [-0.2, 0) is 6.42 Å². The van der Waals surface area contributed by atoms with Crippen LogP contribution < -0.4 is 0 Å². The van der Waals surface area contributed by atoms with Gasteiger partial charge in [-0.3, -0.25) is 0 Å². The molecule has 1 heterocycles. The molecule has 4 heteroatoms. The predicted molar refractivity (Wildman–Crippen MR) is 65.1 cm³/mol. The summed E-state index contributed by atoms with van der Waals surface area (Å²) in [6.07, 6.45) is 0.726. The van der Waals surface area contributed by atoms with E-state index >= 15 is 0 Å². The largest absolute Gasteiger partial charge is 0.475 e. The van der Waals surface area contributed by atoms with Crippen LogP contribution in [0, 0.1) is 6.92 Å². The maximum Gasteiger partial charge on any atom is 0.371 e. The number of aromatic amines is 1. The van der Waals surface area contributed by atoms with E-state index in [0.717, 1.165) is 28.9 Å². The van der Waals surface area contributed by atoms with E-state index in [2.05, 4.69) is 9.97 Å². The normalized spacial score (nSPS) is 10.5. The third-order valence-corrected chi connectivity index (χ3v) is 2.74. The number of aromatic nitrogens is 2. The molecule has 0 aliphatic carbocycles. The van der Waals surface area contributed by atoms with Crippen molar-refractivity contribution in [3.05, 3.63) is 41.3 Å². The first-order chi connectivity index (χ1) is 8.13. The molecule has 0 saturated carbocycles. The highest BCUT2D eigenvalue weighted by molar-refractivity contribution is 5.85. The molecule has 0 aliphatic rings. The number of carbonyl (C=O) groups is 1. The fourth-order valence-corrected chi connectivity index (χ4v) is 1.83. The maximum atomic E-state index is 10.9. The lowest BCUT2D eigenvalue weighted by Gasteiger charge is -2.03. The lowest BCUT2D eigenvalue weighted by molar-refractivity contribution is 0.0684. The van der Waals surface area contributed by atoms with Gasteiger partial charge < -0.3 is 10.1 Å². The Morgan fingerprint density at radius 1 is 1.41 bits per heavy atom. The van der Waals surface area contributed by atoms with E-state index in [0.29, 0.717) is 0 Å². The fourth-order valence-electron chi connectivity index (χ4n) is 1.83. The fraction of sp³-hybridized carbons (Fsp3) is 0.231. The summed E-state index contributed by atoms with van der Waals surface area (Å²) in [5.74, 6) is -1.03. The number of H-pyrrole nitrogens is 1. The monoisotopic (exact) mass is 230 g/mol. The van der Waals surface area contributed by atoms with Gasteiger partial charge in [0.15, 0.2) is 0 Å². The molecule has 0 bridgehead atoms. The number of carboxylic acids is 1. The molecule has 0 saturated heterocycles. The number of imidazole rings is 1. The molecule has 0 fully saturated rings. The molecule has 88 valence electrons. The second-order valence-electron chi connectivity index (χ2n) is 3.89. The Balaban J connectivity index is 2.59. The number of carboxylic acid groups (broad SMARTS) is 1. The predicted octanol–water partition coefficient (Wildman–Crippen LogP) is 2.65. The molecule has 2 aromatic rings. The Bertz CT molecular complexity index is 558. The number of aryl methyl sites for hydroxylation is 2. The molecule has 2 rings (SSSR count). The molecular formula is C13H14N2O2. The van der Waals surface area contributed by atoms with Crippen molar-refractivity contribution in [3.8, 4) is 11.3 Å². The number of aromatic carboxylic acids is 1. The van der Waals surface area contributed by atoms with Gasteiger partial charge in [-0.25, -0.2) is 9.78 Å². The molecule has 1 aromatic carbocycles. The second-order valence-corrected chi connectivity index (χ2v) is 3.89. The molecule has 0 aliphatic heterocycles. The second kappa shape index (κ2) is 4.41. The number of benzene rings is 1. The van der Waals surface area contributed by atoms with Crippen LogP contribution in [0.5, 0.6) is 0 Å². The van der Waals surface area contributed by atoms with E-state index in [9.17, 15) is 4.79 Å². The lowest BCUT2D eigenvalue weighted by Crippen LogP contribution is -1.98. The standard InChI is InChI=1S/C13H14N2O2/c1-3-10-11(15-12(14-10)13(16)17)9-7-5-4-6-8(9)2/h4-7H,3H2,1-2H3,(H,14,15)(H,16,17). The van der Waals surface area contributed by atoms with E-state index < -0.39 is 5.97 Å². The molecule has 0 radical (unpaired) electrons. The van der Waals surface area contributed by atoms with Crippen molar-refractivity contribution in [1.82, 2.24) is 9.97 Å². The third kappa shape index (κ3) is 2.06. The topological polar surface area (TPSA) is 66.0 Å². The van der Waals surface area contributed by atoms with Crippen LogP contribution in [0.15, 0.2) is 24.3 Å². The minimum atomic E-state index is -1.03. The highest BCUT2D eigenvalue weighted by Gasteiger charge is 2.15. The van der Waals surface area contributed by atoms with Gasteiger partial charge in [0.05, 0.1) is 5.69 Å². The Hall–Kier alpha value is -2.10. The highest BCUT2D eigenvalue weighted by Crippen LogP contribution is 2.25. The summed E-state index contributed by atoms with van der Waals surface area (Å²) < 4.78 is 0. The van der Waals surface area contributed by atoms with Crippen molar-refractivity contribution in [2.24, 2.45) is 0 Å². The Morgan fingerprint density at radius 3 is 2.71 bits per heavy atom. The van der Waals surface area contributed by atoms with Crippen molar-refractivity contribution in [3.63, 3.8) is 0 Å². The summed E-state index contributed by atoms with van der Waals surface area (Å²) in [5, 5.41) is 8.94. The SMILES string of the molecule is CCc1[nH]c(C(=O)O)nc1-c1ccccc1C. The van der Waals surface area contributed by atoms with E-state index in [1.165, 1.54) is 0 Å². The van der Waals surface area contributed by atoms with Gasteiger partial charge in [0.1, 0.15) is 0 Å². The summed E-state index contributed by atoms with van der Waals surface area (Å²) in [6.45, 7) is 3.96. The van der Waals surface area contributed by atoms with Gasteiger partial charge in [0, 0.05) is 11.3 Å². The molecule has 1 aromatic heterocycles. The first-order valence-electron chi connectivity index (χ1n) is 5.51. The van der Waals surface area contributed by atoms with Crippen molar-refractivity contribution >= 4 is 5.97 Å². The van der Waals surface area contributed by atoms with E-state index in [1.807, 2.05) is 38.1 Å². The zero-order valence-corrected chi connectivity index (χ0v) is 9.82. The van der Waals surface area contributed by atoms with Gasteiger partial charge in [-0.1, -0.05) is 31.2 Å². The Kier molecular flexibility index (Phi) is 2.95. The first kappa shape index (κ1) is 11.4. The zero-order chi connectivity index (χ0) is 12.4. The van der Waals surface area contributed by atoms with Crippen LogP contribution in [-0.4, -0.2) is 21.0 Å². The number of hydrogen-bond acceptors (Lipinski definition) is 2. The number of rotatable bonds is 3. The molecule has 4 nitrogen and oxygen atoms in total. The smallest absolute Gasteiger partial charge is 0.371 e. The minimum absolute atomic E-state index is 0.0000954. The van der Waals surface area contributed by atoms with Gasteiger partial charge >= 0.3 is 5.97 Å². The van der Waals surface area contributed by atoms with Crippen LogP contribution >= 0.6 is 0 Å². The van der Waals surface area contributed by atoms with Gasteiger partial charge in [-0.15, -0.1) is 0 Å². The molecule has 0 unspecified atom stereocenters. The van der Waals surface area contributed by atoms with Crippen LogP contribution in [0.3, 0.4) is 0 Å². The van der Waals surface area contributed by atoms with Gasteiger partial charge in [0.2, 0.25) is 5.82 Å². The molecular weight excluding hydrogens is 216 g/mol. The van der Waals surface area contributed by atoms with Crippen molar-refractivity contribution in [2.45, 2.75) is 20.3 Å². The lowest BCUT2D eigenvalue weighted by atomic mass is 10.0. The third-order valence-electron chi connectivity index (χ3n) is 2.74. The number of nitrogens with one attached hydrogen (secondary N) is 1. The Labute approximate surface area is 99.3 Å². The highest BCUT2D eigenvalue weighted by atomic mass is 16.4. The summed E-state index contributed by atoms with van der Waals surface area (Å²) >= 11 is 0. The summed E-state index contributed by atoms with van der Waals surface area (Å²) in [7, 11) is 0. The first-order valence-corrected chi connectivity index (χ1v) is 5.51. The number of nitrogens with zero attached hydrogens (tertiary/aromatic N) is 1. The summed E-state index contributed by atoms with van der Waals surface area (Å²) in [4.78, 5) is 17.9. The average Bonchev–Trinajstić information content (AvgIpc) is 2.73. The molecule has 0 amide bonds. The minimum Gasteiger partial charge on any atom is -0.475 e. The van der Waals surface area contributed by atoms with Gasteiger partial charge in [-0.2, -0.15) is 0 Å². The van der Waals surface area contributed by atoms with Crippen molar-refractivity contribution in [1.29, 1.82) is 0 Å². The van der Waals surface area contributed by atoms with E-state index in [1.54, 1.807) is 0 Å².